The summed E-state index contributed by atoms with van der Waals surface area (Å²) in [5.41, 5.74) is 6.55. The first-order valence-electron chi connectivity index (χ1n) is 4.86. The monoisotopic (exact) mass is 197 g/mol. The first-order valence-corrected chi connectivity index (χ1v) is 4.86. The van der Waals surface area contributed by atoms with Gasteiger partial charge in [-0.1, -0.05) is 26.0 Å². The zero-order chi connectivity index (χ0) is 11.0. The summed E-state index contributed by atoms with van der Waals surface area (Å²) in [6.45, 7) is 3.99. The van der Waals surface area contributed by atoms with Crippen molar-refractivity contribution in [1.29, 1.82) is 0 Å². The van der Waals surface area contributed by atoms with Crippen LogP contribution in [0.3, 0.4) is 0 Å². The highest BCUT2D eigenvalue weighted by atomic mass is 16.3. The summed E-state index contributed by atoms with van der Waals surface area (Å²) >= 11 is 0. The van der Waals surface area contributed by atoms with Gasteiger partial charge in [-0.3, -0.25) is 0 Å². The molecular formula is C11H19NO2. The molecule has 1 rings (SSSR count). The Morgan fingerprint density at radius 1 is 1.21 bits per heavy atom. The average Bonchev–Trinajstić information content (AvgIpc) is 2.24. The summed E-state index contributed by atoms with van der Waals surface area (Å²) in [4.78, 5) is 0. The Morgan fingerprint density at radius 2 is 1.71 bits per heavy atom. The molecule has 0 saturated carbocycles. The van der Waals surface area contributed by atoms with Crippen LogP contribution in [0.25, 0.3) is 0 Å². The Bertz CT molecular complexity index is 234. The van der Waals surface area contributed by atoms with Crippen LogP contribution in [0.2, 0.25) is 0 Å². The zero-order valence-corrected chi connectivity index (χ0v) is 8.77. The number of aliphatic hydroxyl groups excluding tert-OH is 1. The Hall–Kier alpha value is -1.06. The lowest BCUT2D eigenvalue weighted by Gasteiger charge is -2.07. The predicted molar refractivity (Wildman–Crippen MR) is 58.2 cm³/mol. The van der Waals surface area contributed by atoms with Gasteiger partial charge in [-0.05, 0) is 24.1 Å². The minimum atomic E-state index is -0.213. The Kier molecular flexibility index (Phi) is 6.80. The van der Waals surface area contributed by atoms with E-state index in [1.165, 1.54) is 0 Å². The van der Waals surface area contributed by atoms with Crippen molar-refractivity contribution in [3.05, 3.63) is 29.8 Å². The molecule has 0 fully saturated rings. The maximum atomic E-state index is 8.97. The van der Waals surface area contributed by atoms with Crippen LogP contribution in [0.1, 0.15) is 19.4 Å². The first kappa shape index (κ1) is 12.9. The van der Waals surface area contributed by atoms with Gasteiger partial charge in [0.2, 0.25) is 0 Å². The van der Waals surface area contributed by atoms with Crippen molar-refractivity contribution in [2.24, 2.45) is 5.73 Å². The molecule has 0 bridgehead atoms. The van der Waals surface area contributed by atoms with E-state index in [2.05, 4.69) is 0 Å². The molecule has 0 spiro atoms. The SMILES string of the molecule is CC.N[C@@H](CO)Cc1ccc(O)cc1. The van der Waals surface area contributed by atoms with Crippen LogP contribution in [0, 0.1) is 0 Å². The van der Waals surface area contributed by atoms with Crippen molar-refractivity contribution in [3.8, 4) is 5.75 Å². The predicted octanol–water partition coefficient (Wildman–Crippen LogP) is 1.28. The number of nitrogens with two attached hydrogens (primary N) is 1. The molecule has 0 amide bonds. The second-order valence-corrected chi connectivity index (χ2v) is 2.81. The number of rotatable bonds is 3. The maximum Gasteiger partial charge on any atom is 0.115 e. The highest BCUT2D eigenvalue weighted by Crippen LogP contribution is 2.10. The van der Waals surface area contributed by atoms with E-state index in [4.69, 9.17) is 15.9 Å². The van der Waals surface area contributed by atoms with Gasteiger partial charge >= 0.3 is 0 Å². The van der Waals surface area contributed by atoms with Crippen molar-refractivity contribution >= 4 is 0 Å². The summed E-state index contributed by atoms with van der Waals surface area (Å²) in [5.74, 6) is 0.247. The number of hydrogen-bond donors (Lipinski definition) is 3. The summed E-state index contributed by atoms with van der Waals surface area (Å²) < 4.78 is 0. The molecule has 1 aromatic rings. The molecule has 0 aromatic heterocycles. The highest BCUT2D eigenvalue weighted by molar-refractivity contribution is 5.26. The lowest BCUT2D eigenvalue weighted by atomic mass is 10.1. The van der Waals surface area contributed by atoms with Crippen LogP contribution in [0.4, 0.5) is 0 Å². The molecule has 14 heavy (non-hydrogen) atoms. The topological polar surface area (TPSA) is 66.5 Å². The van der Waals surface area contributed by atoms with Crippen molar-refractivity contribution < 1.29 is 10.2 Å². The van der Waals surface area contributed by atoms with E-state index < -0.39 is 0 Å². The van der Waals surface area contributed by atoms with Crippen LogP contribution >= 0.6 is 0 Å². The first-order chi connectivity index (χ1) is 6.72. The van der Waals surface area contributed by atoms with Gasteiger partial charge in [-0.2, -0.15) is 0 Å². The third-order valence-electron chi connectivity index (χ3n) is 1.67. The number of phenols is 1. The Morgan fingerprint density at radius 3 is 2.14 bits per heavy atom. The standard InChI is InChI=1S/C9H13NO2.C2H6/c10-8(6-11)5-7-1-3-9(12)4-2-7;1-2/h1-4,8,11-12H,5-6,10H2;1-2H3/t8-;/m1./s1. The van der Waals surface area contributed by atoms with Gasteiger partial charge in [0.15, 0.2) is 0 Å². The molecular weight excluding hydrogens is 178 g/mol. The van der Waals surface area contributed by atoms with E-state index in [0.29, 0.717) is 6.42 Å². The molecule has 3 heteroatoms. The Labute approximate surface area is 85.2 Å². The van der Waals surface area contributed by atoms with Gasteiger partial charge in [0, 0.05) is 6.04 Å². The largest absolute Gasteiger partial charge is 0.508 e. The lowest BCUT2D eigenvalue weighted by Crippen LogP contribution is -2.26. The molecule has 1 aromatic carbocycles. The summed E-state index contributed by atoms with van der Waals surface area (Å²) in [6.07, 6.45) is 0.636. The fourth-order valence-electron chi connectivity index (χ4n) is 0.999. The fraction of sp³-hybridized carbons (Fsp3) is 0.455. The third kappa shape index (κ3) is 4.84. The summed E-state index contributed by atoms with van der Waals surface area (Å²) in [7, 11) is 0. The smallest absolute Gasteiger partial charge is 0.115 e. The number of aromatic hydroxyl groups is 1. The molecule has 0 aliphatic rings. The zero-order valence-electron chi connectivity index (χ0n) is 8.77. The lowest BCUT2D eigenvalue weighted by molar-refractivity contribution is 0.265. The van der Waals surface area contributed by atoms with Gasteiger partial charge in [-0.25, -0.2) is 0 Å². The van der Waals surface area contributed by atoms with Crippen LogP contribution in [-0.2, 0) is 6.42 Å². The van der Waals surface area contributed by atoms with E-state index in [9.17, 15) is 0 Å². The van der Waals surface area contributed by atoms with Crippen molar-refractivity contribution in [2.75, 3.05) is 6.61 Å². The van der Waals surface area contributed by atoms with Gasteiger partial charge < -0.3 is 15.9 Å². The fourth-order valence-corrected chi connectivity index (χ4v) is 0.999. The molecule has 0 aliphatic carbocycles. The number of phenolic OH excluding ortho intramolecular Hbond substituents is 1. The Balaban J connectivity index is 0.000000791. The minimum absolute atomic E-state index is 0.0130. The second kappa shape index (κ2) is 7.35. The molecule has 3 nitrogen and oxygen atoms in total. The minimum Gasteiger partial charge on any atom is -0.508 e. The summed E-state index contributed by atoms with van der Waals surface area (Å²) in [5, 5.41) is 17.6. The average molecular weight is 197 g/mol. The number of aliphatic hydroxyl groups is 1. The number of hydrogen-bond acceptors (Lipinski definition) is 3. The van der Waals surface area contributed by atoms with Gasteiger partial charge in [0.25, 0.3) is 0 Å². The molecule has 0 saturated heterocycles. The van der Waals surface area contributed by atoms with Crippen molar-refractivity contribution in [2.45, 2.75) is 26.3 Å². The maximum absolute atomic E-state index is 8.97. The normalized spacial score (nSPS) is 11.4. The van der Waals surface area contributed by atoms with E-state index in [-0.39, 0.29) is 18.4 Å². The van der Waals surface area contributed by atoms with E-state index in [1.54, 1.807) is 24.3 Å². The van der Waals surface area contributed by atoms with Crippen LogP contribution in [0.5, 0.6) is 5.75 Å². The molecule has 4 N–H and O–H groups in total. The van der Waals surface area contributed by atoms with Gasteiger partial charge in [-0.15, -0.1) is 0 Å². The van der Waals surface area contributed by atoms with Crippen LogP contribution in [-0.4, -0.2) is 22.9 Å². The number of benzene rings is 1. The molecule has 0 unspecified atom stereocenters. The van der Waals surface area contributed by atoms with E-state index in [1.807, 2.05) is 13.8 Å². The molecule has 0 radical (unpaired) electrons. The van der Waals surface area contributed by atoms with Crippen LogP contribution < -0.4 is 5.73 Å². The third-order valence-corrected chi connectivity index (χ3v) is 1.67. The van der Waals surface area contributed by atoms with Gasteiger partial charge in [0.1, 0.15) is 5.75 Å². The second-order valence-electron chi connectivity index (χ2n) is 2.81. The quantitative estimate of drug-likeness (QED) is 0.684. The van der Waals surface area contributed by atoms with Crippen molar-refractivity contribution in [3.63, 3.8) is 0 Å². The molecule has 1 atom stereocenters. The molecule has 0 heterocycles. The van der Waals surface area contributed by atoms with E-state index in [0.717, 1.165) is 5.56 Å². The van der Waals surface area contributed by atoms with Crippen molar-refractivity contribution in [1.82, 2.24) is 0 Å². The van der Waals surface area contributed by atoms with Crippen LogP contribution in [0.15, 0.2) is 24.3 Å². The van der Waals surface area contributed by atoms with Gasteiger partial charge in [0.05, 0.1) is 6.61 Å². The molecule has 0 aliphatic heterocycles. The van der Waals surface area contributed by atoms with E-state index >= 15 is 0 Å². The summed E-state index contributed by atoms with van der Waals surface area (Å²) in [6, 6.07) is 6.60. The molecule has 80 valence electrons. The highest BCUT2D eigenvalue weighted by Gasteiger charge is 2.01.